The summed E-state index contributed by atoms with van der Waals surface area (Å²) in [5, 5.41) is 7.89. The summed E-state index contributed by atoms with van der Waals surface area (Å²) in [6.45, 7) is 5.39. The van der Waals surface area contributed by atoms with Gasteiger partial charge >= 0.3 is 0 Å². The standard InChI is InChI=1S/C17H24N4O/c1-20-7-8-22-17(14-20)11-18-9-16-10-19-21(13-16)12-15-5-3-2-4-6-15/h2-6,10,13,17-18H,7-9,11-12,14H2,1H3. The number of aromatic nitrogens is 2. The average Bonchev–Trinajstić information content (AvgIpc) is 2.96. The van der Waals surface area contributed by atoms with Gasteiger partial charge in [0.1, 0.15) is 0 Å². The summed E-state index contributed by atoms with van der Waals surface area (Å²) in [5.74, 6) is 0. The molecule has 5 heteroatoms. The first-order valence-electron chi connectivity index (χ1n) is 7.86. The van der Waals surface area contributed by atoms with Crippen molar-refractivity contribution in [2.45, 2.75) is 19.2 Å². The van der Waals surface area contributed by atoms with Crippen LogP contribution in [0.25, 0.3) is 0 Å². The number of ether oxygens (including phenoxy) is 1. The van der Waals surface area contributed by atoms with Gasteiger partial charge in [-0.05, 0) is 12.6 Å². The van der Waals surface area contributed by atoms with Crippen LogP contribution in [0.4, 0.5) is 0 Å². The van der Waals surface area contributed by atoms with Gasteiger partial charge < -0.3 is 15.0 Å². The van der Waals surface area contributed by atoms with E-state index >= 15 is 0 Å². The molecule has 1 aliphatic heterocycles. The summed E-state index contributed by atoms with van der Waals surface area (Å²) in [5.41, 5.74) is 2.48. The Morgan fingerprint density at radius 2 is 2.14 bits per heavy atom. The smallest absolute Gasteiger partial charge is 0.0826 e. The molecule has 118 valence electrons. The van der Waals surface area contributed by atoms with Crippen LogP contribution >= 0.6 is 0 Å². The van der Waals surface area contributed by atoms with Crippen molar-refractivity contribution >= 4 is 0 Å². The molecule has 0 amide bonds. The number of nitrogens with one attached hydrogen (secondary N) is 1. The predicted octanol–water partition coefficient (Wildman–Crippen LogP) is 1.35. The van der Waals surface area contributed by atoms with Crippen LogP contribution in [0, 0.1) is 0 Å². The van der Waals surface area contributed by atoms with Crippen molar-refractivity contribution < 1.29 is 4.74 Å². The lowest BCUT2D eigenvalue weighted by molar-refractivity contribution is -0.0182. The molecular formula is C17H24N4O. The van der Waals surface area contributed by atoms with Crippen LogP contribution < -0.4 is 5.32 Å². The quantitative estimate of drug-likeness (QED) is 0.874. The number of likely N-dealkylation sites (N-methyl/N-ethyl adjacent to an activating group) is 1. The first kappa shape index (κ1) is 15.2. The third-order valence-electron chi connectivity index (χ3n) is 3.92. The van der Waals surface area contributed by atoms with Gasteiger partial charge in [-0.3, -0.25) is 4.68 Å². The second kappa shape index (κ2) is 7.54. The Balaban J connectivity index is 1.44. The van der Waals surface area contributed by atoms with Crippen LogP contribution in [0.15, 0.2) is 42.7 Å². The molecule has 3 rings (SSSR count). The zero-order valence-corrected chi connectivity index (χ0v) is 13.1. The van der Waals surface area contributed by atoms with Gasteiger partial charge in [-0.15, -0.1) is 0 Å². The Bertz CT molecular complexity index is 569. The zero-order valence-electron chi connectivity index (χ0n) is 13.1. The van der Waals surface area contributed by atoms with Crippen LogP contribution in [0.2, 0.25) is 0 Å². The van der Waals surface area contributed by atoms with Crippen LogP contribution in [0.5, 0.6) is 0 Å². The van der Waals surface area contributed by atoms with Gasteiger partial charge in [-0.2, -0.15) is 5.10 Å². The molecule has 0 saturated carbocycles. The minimum Gasteiger partial charge on any atom is -0.374 e. The van der Waals surface area contributed by atoms with Crippen molar-refractivity contribution in [3.8, 4) is 0 Å². The second-order valence-corrected chi connectivity index (χ2v) is 5.92. The maximum atomic E-state index is 5.75. The Morgan fingerprint density at radius 1 is 1.27 bits per heavy atom. The molecule has 1 aliphatic rings. The van der Waals surface area contributed by atoms with E-state index in [1.165, 1.54) is 11.1 Å². The van der Waals surface area contributed by atoms with Gasteiger partial charge in [0.15, 0.2) is 0 Å². The fraction of sp³-hybridized carbons (Fsp3) is 0.471. The van der Waals surface area contributed by atoms with Crippen LogP contribution in [-0.2, 0) is 17.8 Å². The number of benzene rings is 1. The van der Waals surface area contributed by atoms with Crippen molar-refractivity contribution in [2.75, 3.05) is 33.3 Å². The van der Waals surface area contributed by atoms with E-state index in [4.69, 9.17) is 4.74 Å². The number of hydrogen-bond acceptors (Lipinski definition) is 4. The summed E-state index contributed by atoms with van der Waals surface area (Å²) >= 11 is 0. The zero-order chi connectivity index (χ0) is 15.2. The van der Waals surface area contributed by atoms with Gasteiger partial charge in [0.25, 0.3) is 0 Å². The third-order valence-corrected chi connectivity index (χ3v) is 3.92. The molecule has 22 heavy (non-hydrogen) atoms. The Morgan fingerprint density at radius 3 is 2.95 bits per heavy atom. The molecule has 1 N–H and O–H groups in total. The molecule has 2 aromatic rings. The fourth-order valence-electron chi connectivity index (χ4n) is 2.72. The van der Waals surface area contributed by atoms with Crippen molar-refractivity contribution in [3.05, 3.63) is 53.9 Å². The van der Waals surface area contributed by atoms with E-state index < -0.39 is 0 Å². The lowest BCUT2D eigenvalue weighted by atomic mass is 10.2. The van der Waals surface area contributed by atoms with Crippen molar-refractivity contribution in [1.82, 2.24) is 20.0 Å². The Kier molecular flexibility index (Phi) is 5.21. The van der Waals surface area contributed by atoms with Crippen molar-refractivity contribution in [2.24, 2.45) is 0 Å². The van der Waals surface area contributed by atoms with Gasteiger partial charge in [-0.1, -0.05) is 30.3 Å². The van der Waals surface area contributed by atoms with Crippen LogP contribution in [-0.4, -0.2) is 54.1 Å². The van der Waals surface area contributed by atoms with E-state index in [9.17, 15) is 0 Å². The average molecular weight is 300 g/mol. The van der Waals surface area contributed by atoms with Crippen LogP contribution in [0.1, 0.15) is 11.1 Å². The maximum absolute atomic E-state index is 5.75. The first-order chi connectivity index (χ1) is 10.8. The highest BCUT2D eigenvalue weighted by Gasteiger charge is 2.16. The summed E-state index contributed by atoms with van der Waals surface area (Å²) in [6.07, 6.45) is 4.33. The number of nitrogens with zero attached hydrogens (tertiary/aromatic N) is 3. The SMILES string of the molecule is CN1CCOC(CNCc2cnn(Cc3ccccc3)c2)C1. The van der Waals surface area contributed by atoms with Gasteiger partial charge in [0.05, 0.1) is 25.5 Å². The maximum Gasteiger partial charge on any atom is 0.0826 e. The molecule has 1 aromatic heterocycles. The second-order valence-electron chi connectivity index (χ2n) is 5.92. The van der Waals surface area contributed by atoms with Crippen LogP contribution in [0.3, 0.4) is 0 Å². The molecule has 1 saturated heterocycles. The first-order valence-corrected chi connectivity index (χ1v) is 7.86. The molecule has 1 fully saturated rings. The molecular weight excluding hydrogens is 276 g/mol. The van der Waals surface area contributed by atoms with E-state index in [1.807, 2.05) is 16.9 Å². The fourth-order valence-corrected chi connectivity index (χ4v) is 2.72. The molecule has 2 heterocycles. The number of morpholine rings is 1. The molecule has 1 unspecified atom stereocenters. The molecule has 0 bridgehead atoms. The lowest BCUT2D eigenvalue weighted by Crippen LogP contribution is -2.44. The summed E-state index contributed by atoms with van der Waals surface area (Å²) in [6, 6.07) is 10.4. The molecule has 0 spiro atoms. The normalized spacial score (nSPS) is 19.4. The third kappa shape index (κ3) is 4.40. The summed E-state index contributed by atoms with van der Waals surface area (Å²) in [7, 11) is 2.14. The van der Waals surface area contributed by atoms with E-state index in [1.54, 1.807) is 0 Å². The minimum atomic E-state index is 0.290. The highest BCUT2D eigenvalue weighted by molar-refractivity contribution is 5.15. The monoisotopic (exact) mass is 300 g/mol. The molecule has 0 radical (unpaired) electrons. The van der Waals surface area contributed by atoms with E-state index in [0.29, 0.717) is 0 Å². The summed E-state index contributed by atoms with van der Waals surface area (Å²) < 4.78 is 7.73. The highest BCUT2D eigenvalue weighted by atomic mass is 16.5. The molecule has 5 nitrogen and oxygen atoms in total. The summed E-state index contributed by atoms with van der Waals surface area (Å²) in [4.78, 5) is 2.31. The number of hydrogen-bond donors (Lipinski definition) is 1. The largest absolute Gasteiger partial charge is 0.374 e. The van der Waals surface area contributed by atoms with E-state index in [2.05, 4.69) is 52.8 Å². The van der Waals surface area contributed by atoms with E-state index in [0.717, 1.165) is 39.3 Å². The highest BCUT2D eigenvalue weighted by Crippen LogP contribution is 2.05. The number of rotatable bonds is 6. The van der Waals surface area contributed by atoms with E-state index in [-0.39, 0.29) is 6.10 Å². The molecule has 1 atom stereocenters. The Hall–Kier alpha value is -1.69. The predicted molar refractivity (Wildman–Crippen MR) is 86.7 cm³/mol. The lowest BCUT2D eigenvalue weighted by Gasteiger charge is -2.30. The van der Waals surface area contributed by atoms with Gasteiger partial charge in [0.2, 0.25) is 0 Å². The minimum absolute atomic E-state index is 0.290. The van der Waals surface area contributed by atoms with Gasteiger partial charge in [0, 0.05) is 37.9 Å². The Labute approximate surface area is 131 Å². The molecule has 1 aromatic carbocycles. The van der Waals surface area contributed by atoms with Gasteiger partial charge in [-0.25, -0.2) is 0 Å². The van der Waals surface area contributed by atoms with Crippen molar-refractivity contribution in [3.63, 3.8) is 0 Å². The van der Waals surface area contributed by atoms with Crippen molar-refractivity contribution in [1.29, 1.82) is 0 Å². The topological polar surface area (TPSA) is 42.3 Å². The molecule has 0 aliphatic carbocycles.